The molecule has 9 heteroatoms. The number of methoxy groups -OCH3 is 1. The lowest BCUT2D eigenvalue weighted by Gasteiger charge is -2.40. The number of piperidine rings is 1. The first kappa shape index (κ1) is 24.9. The first-order chi connectivity index (χ1) is 18.8. The van der Waals surface area contributed by atoms with Gasteiger partial charge in [0.05, 0.1) is 38.7 Å². The maximum atomic E-state index is 5.96. The van der Waals surface area contributed by atoms with Crippen LogP contribution in [-0.4, -0.2) is 74.0 Å². The topological polar surface area (TPSA) is 75.2 Å². The fourth-order valence-corrected chi connectivity index (χ4v) is 5.76. The second-order valence-electron chi connectivity index (χ2n) is 10.0. The summed E-state index contributed by atoms with van der Waals surface area (Å²) in [5.74, 6) is 2.21. The van der Waals surface area contributed by atoms with Gasteiger partial charge in [-0.25, -0.2) is 15.0 Å². The maximum Gasteiger partial charge on any atom is 0.158 e. The monoisotopic (exact) mass is 516 g/mol. The Morgan fingerprint density at radius 3 is 2.50 bits per heavy atom. The highest BCUT2D eigenvalue weighted by molar-refractivity contribution is 5.70. The number of rotatable bonds is 7. The number of nitrogens with zero attached hydrogens (tertiary/aromatic N) is 5. The van der Waals surface area contributed by atoms with Gasteiger partial charge in [0.2, 0.25) is 0 Å². The highest BCUT2D eigenvalue weighted by Crippen LogP contribution is 2.36. The minimum absolute atomic E-state index is 0.125. The van der Waals surface area contributed by atoms with Gasteiger partial charge in [0.1, 0.15) is 17.9 Å². The van der Waals surface area contributed by atoms with Crippen LogP contribution in [0.15, 0.2) is 60.9 Å². The molecule has 1 N–H and O–H groups in total. The fourth-order valence-electron chi connectivity index (χ4n) is 5.76. The maximum absolute atomic E-state index is 5.96. The molecule has 3 aliphatic heterocycles. The number of aromatic nitrogens is 2. The Kier molecular flexibility index (Phi) is 7.57. The molecule has 2 aromatic carbocycles. The van der Waals surface area contributed by atoms with Gasteiger partial charge >= 0.3 is 0 Å². The lowest BCUT2D eigenvalue weighted by Crippen LogP contribution is -2.49. The first-order valence-electron chi connectivity index (χ1n) is 13.6. The standard InChI is InChI=1S/C29H36N6O3/c1-36-27-19-24(33-12-9-23(10-13-33)34-14-17-37-18-15-34)7-8-25(27)32-28-20-29(31-21-30-28)35-26(11-16-38-35)22-5-3-2-4-6-22/h2-8,19-21,23,26H,9-18H2,1H3,(H,30,31,32). The van der Waals surface area contributed by atoms with Gasteiger partial charge in [0, 0.05) is 56.5 Å². The molecule has 0 aliphatic carbocycles. The molecule has 0 saturated carbocycles. The fraction of sp³-hybridized carbons (Fsp3) is 0.448. The Morgan fingerprint density at radius 1 is 0.895 bits per heavy atom. The summed E-state index contributed by atoms with van der Waals surface area (Å²) in [5, 5.41) is 5.32. The molecule has 1 aromatic heterocycles. The average molecular weight is 517 g/mol. The van der Waals surface area contributed by atoms with Gasteiger partial charge in [-0.05, 0) is 30.5 Å². The Morgan fingerprint density at radius 2 is 1.71 bits per heavy atom. The normalized spacial score (nSPS) is 21.0. The third-order valence-electron chi connectivity index (χ3n) is 7.81. The summed E-state index contributed by atoms with van der Waals surface area (Å²) in [6.07, 6.45) is 4.83. The van der Waals surface area contributed by atoms with Crippen LogP contribution in [0.1, 0.15) is 30.9 Å². The summed E-state index contributed by atoms with van der Waals surface area (Å²) < 4.78 is 11.3. The summed E-state index contributed by atoms with van der Waals surface area (Å²) in [7, 11) is 1.71. The molecule has 200 valence electrons. The zero-order valence-corrected chi connectivity index (χ0v) is 22.0. The molecule has 0 spiro atoms. The third-order valence-corrected chi connectivity index (χ3v) is 7.81. The van der Waals surface area contributed by atoms with E-state index in [9.17, 15) is 0 Å². The summed E-state index contributed by atoms with van der Waals surface area (Å²) in [6.45, 7) is 6.58. The van der Waals surface area contributed by atoms with Crippen LogP contribution in [0.5, 0.6) is 5.75 Å². The number of anilines is 4. The molecule has 9 nitrogen and oxygen atoms in total. The highest BCUT2D eigenvalue weighted by atomic mass is 16.7. The minimum atomic E-state index is 0.125. The van der Waals surface area contributed by atoms with Gasteiger partial charge in [0.15, 0.2) is 5.82 Å². The van der Waals surface area contributed by atoms with Crippen molar-refractivity contribution in [1.29, 1.82) is 0 Å². The Labute approximate surface area is 224 Å². The Balaban J connectivity index is 1.13. The van der Waals surface area contributed by atoms with Gasteiger partial charge < -0.3 is 19.7 Å². The van der Waals surface area contributed by atoms with E-state index in [2.05, 4.69) is 67.5 Å². The summed E-state index contributed by atoms with van der Waals surface area (Å²) in [5.41, 5.74) is 3.27. The van der Waals surface area contributed by atoms with E-state index in [4.69, 9.17) is 14.3 Å². The van der Waals surface area contributed by atoms with Crippen molar-refractivity contribution in [3.05, 3.63) is 66.5 Å². The van der Waals surface area contributed by atoms with Gasteiger partial charge in [-0.15, -0.1) is 0 Å². The van der Waals surface area contributed by atoms with Crippen molar-refractivity contribution in [2.75, 3.05) is 68.4 Å². The zero-order chi connectivity index (χ0) is 25.7. The molecule has 3 aliphatic rings. The third kappa shape index (κ3) is 5.41. The minimum Gasteiger partial charge on any atom is -0.494 e. The molecule has 38 heavy (non-hydrogen) atoms. The van der Waals surface area contributed by atoms with Crippen molar-refractivity contribution >= 4 is 23.0 Å². The molecule has 0 amide bonds. The molecule has 3 fully saturated rings. The van der Waals surface area contributed by atoms with Crippen molar-refractivity contribution in [1.82, 2.24) is 14.9 Å². The first-order valence-corrected chi connectivity index (χ1v) is 13.6. The zero-order valence-electron chi connectivity index (χ0n) is 22.0. The number of nitrogens with one attached hydrogen (secondary N) is 1. The van der Waals surface area contributed by atoms with Crippen molar-refractivity contribution in [3.8, 4) is 5.75 Å². The molecule has 1 atom stereocenters. The summed E-state index contributed by atoms with van der Waals surface area (Å²) in [4.78, 5) is 20.0. The lowest BCUT2D eigenvalue weighted by atomic mass is 10.0. The van der Waals surface area contributed by atoms with E-state index in [1.807, 2.05) is 17.2 Å². The largest absolute Gasteiger partial charge is 0.494 e. The van der Waals surface area contributed by atoms with Crippen LogP contribution in [0.3, 0.4) is 0 Å². The molecular weight excluding hydrogens is 480 g/mol. The van der Waals surface area contributed by atoms with Gasteiger partial charge in [-0.3, -0.25) is 9.74 Å². The molecule has 0 bridgehead atoms. The van der Waals surface area contributed by atoms with Gasteiger partial charge in [0.25, 0.3) is 0 Å². The Bertz CT molecular complexity index is 1200. The van der Waals surface area contributed by atoms with E-state index in [0.717, 1.165) is 63.1 Å². The molecule has 0 radical (unpaired) electrons. The number of hydrogen-bond acceptors (Lipinski definition) is 9. The molecule has 6 rings (SSSR count). The average Bonchev–Trinajstić information content (AvgIpc) is 3.49. The second kappa shape index (κ2) is 11.6. The number of morpholine rings is 1. The lowest BCUT2D eigenvalue weighted by molar-refractivity contribution is 0.0115. The predicted octanol–water partition coefficient (Wildman–Crippen LogP) is 4.41. The van der Waals surface area contributed by atoms with Crippen LogP contribution in [0.4, 0.5) is 23.0 Å². The van der Waals surface area contributed by atoms with E-state index in [-0.39, 0.29) is 6.04 Å². The quantitative estimate of drug-likeness (QED) is 0.491. The molecular formula is C29H36N6O3. The molecule has 3 saturated heterocycles. The molecule has 3 aromatic rings. The van der Waals surface area contributed by atoms with E-state index in [1.165, 1.54) is 24.1 Å². The van der Waals surface area contributed by atoms with Crippen molar-refractivity contribution in [2.24, 2.45) is 0 Å². The number of benzene rings is 2. The van der Waals surface area contributed by atoms with Crippen LogP contribution in [0.2, 0.25) is 0 Å². The summed E-state index contributed by atoms with van der Waals surface area (Å²) >= 11 is 0. The number of hydroxylamine groups is 1. The number of ether oxygens (including phenoxy) is 2. The SMILES string of the molecule is COc1cc(N2CCC(N3CCOCC3)CC2)ccc1Nc1cc(N2OCCC2c2ccccc2)ncn1. The van der Waals surface area contributed by atoms with E-state index < -0.39 is 0 Å². The van der Waals surface area contributed by atoms with Gasteiger partial charge in [-0.2, -0.15) is 0 Å². The van der Waals surface area contributed by atoms with Crippen molar-refractivity contribution in [2.45, 2.75) is 31.3 Å². The van der Waals surface area contributed by atoms with E-state index in [0.29, 0.717) is 18.5 Å². The van der Waals surface area contributed by atoms with Crippen LogP contribution in [0, 0.1) is 0 Å². The van der Waals surface area contributed by atoms with Crippen LogP contribution < -0.4 is 20.0 Å². The predicted molar refractivity (Wildman–Crippen MR) is 148 cm³/mol. The van der Waals surface area contributed by atoms with Crippen LogP contribution in [-0.2, 0) is 9.57 Å². The molecule has 4 heterocycles. The van der Waals surface area contributed by atoms with Crippen LogP contribution >= 0.6 is 0 Å². The van der Waals surface area contributed by atoms with Crippen LogP contribution in [0.25, 0.3) is 0 Å². The molecule has 1 unspecified atom stereocenters. The van der Waals surface area contributed by atoms with E-state index in [1.54, 1.807) is 13.4 Å². The second-order valence-corrected chi connectivity index (χ2v) is 10.0. The number of hydrogen-bond donors (Lipinski definition) is 1. The van der Waals surface area contributed by atoms with Crippen molar-refractivity contribution in [3.63, 3.8) is 0 Å². The van der Waals surface area contributed by atoms with Gasteiger partial charge in [-0.1, -0.05) is 30.3 Å². The highest BCUT2D eigenvalue weighted by Gasteiger charge is 2.29. The van der Waals surface area contributed by atoms with Crippen molar-refractivity contribution < 1.29 is 14.3 Å². The van der Waals surface area contributed by atoms with E-state index >= 15 is 0 Å². The Hall–Kier alpha value is -3.40. The smallest absolute Gasteiger partial charge is 0.158 e. The summed E-state index contributed by atoms with van der Waals surface area (Å²) in [6, 6.07) is 19.5.